The van der Waals surface area contributed by atoms with Gasteiger partial charge in [-0.05, 0) is 30.2 Å². The molecule has 144 valence electrons. The first kappa shape index (κ1) is 18.7. The second kappa shape index (κ2) is 7.80. The molecule has 1 aliphatic heterocycles. The van der Waals surface area contributed by atoms with Crippen molar-refractivity contribution in [3.8, 4) is 11.1 Å². The highest BCUT2D eigenvalue weighted by Gasteiger charge is 2.27. The van der Waals surface area contributed by atoms with E-state index in [-0.39, 0.29) is 5.91 Å². The number of nitrogens with zero attached hydrogens (tertiary/aromatic N) is 2. The van der Waals surface area contributed by atoms with E-state index in [0.717, 1.165) is 16.8 Å². The molecule has 0 spiro atoms. The van der Waals surface area contributed by atoms with Crippen LogP contribution in [0.1, 0.15) is 23.0 Å². The van der Waals surface area contributed by atoms with Gasteiger partial charge in [0, 0.05) is 52.0 Å². The lowest BCUT2D eigenvalue weighted by molar-refractivity contribution is 0.0774. The van der Waals surface area contributed by atoms with Crippen LogP contribution in [0, 0.1) is 5.82 Å². The van der Waals surface area contributed by atoms with Gasteiger partial charge >= 0.3 is 0 Å². The minimum Gasteiger partial charge on any atom is -0.337 e. The van der Waals surface area contributed by atoms with Crippen LogP contribution in [0.2, 0.25) is 0 Å². The summed E-state index contributed by atoms with van der Waals surface area (Å²) in [6, 6.07) is 14.0. The van der Waals surface area contributed by atoms with Crippen LogP contribution in [0.3, 0.4) is 0 Å². The number of hydrogen-bond donors (Lipinski definition) is 0. The molecule has 4 rings (SSSR count). The first-order valence-corrected chi connectivity index (χ1v) is 10.9. The van der Waals surface area contributed by atoms with Gasteiger partial charge in [-0.2, -0.15) is 0 Å². The highest BCUT2D eigenvalue weighted by atomic mass is 32.2. The van der Waals surface area contributed by atoms with Gasteiger partial charge < -0.3 is 4.90 Å². The topological polar surface area (TPSA) is 50.3 Å². The maximum atomic E-state index is 14.1. The second-order valence-corrected chi connectivity index (χ2v) is 8.53. The molecule has 0 bridgehead atoms. The fourth-order valence-corrected chi connectivity index (χ4v) is 4.73. The molecule has 28 heavy (non-hydrogen) atoms. The summed E-state index contributed by atoms with van der Waals surface area (Å²) < 4.78 is 25.8. The minimum absolute atomic E-state index is 0.150. The quantitative estimate of drug-likeness (QED) is 0.677. The maximum Gasteiger partial charge on any atom is 0.255 e. The highest BCUT2D eigenvalue weighted by molar-refractivity contribution is 7.85. The number of carbonyl (C=O) groups excluding carboxylic acids is 1. The van der Waals surface area contributed by atoms with E-state index in [4.69, 9.17) is 4.98 Å². The van der Waals surface area contributed by atoms with Gasteiger partial charge in [-0.1, -0.05) is 37.3 Å². The lowest BCUT2D eigenvalue weighted by Gasteiger charge is -2.28. The molecule has 0 atom stereocenters. The Hall–Kier alpha value is -2.60. The van der Waals surface area contributed by atoms with E-state index in [1.54, 1.807) is 11.0 Å². The van der Waals surface area contributed by atoms with Crippen molar-refractivity contribution < 1.29 is 13.4 Å². The number of aromatic nitrogens is 1. The van der Waals surface area contributed by atoms with E-state index in [9.17, 15) is 13.4 Å². The van der Waals surface area contributed by atoms with Gasteiger partial charge in [0.1, 0.15) is 5.82 Å². The number of rotatable bonds is 3. The maximum absolute atomic E-state index is 14.1. The predicted molar refractivity (Wildman–Crippen MR) is 110 cm³/mol. The Bertz CT molecular complexity index is 1060. The minimum atomic E-state index is -0.878. The highest BCUT2D eigenvalue weighted by Crippen LogP contribution is 2.34. The summed E-state index contributed by atoms with van der Waals surface area (Å²) in [5, 5.41) is 0.521. The summed E-state index contributed by atoms with van der Waals surface area (Å²) in [6.07, 6.45) is 0.655. The molecule has 0 unspecified atom stereocenters. The number of amides is 1. The number of halogens is 1. The van der Waals surface area contributed by atoms with E-state index in [1.165, 1.54) is 12.1 Å². The first-order chi connectivity index (χ1) is 13.6. The van der Waals surface area contributed by atoms with Crippen LogP contribution < -0.4 is 0 Å². The monoisotopic (exact) mass is 396 g/mol. The van der Waals surface area contributed by atoms with Crippen LogP contribution in [0.5, 0.6) is 0 Å². The summed E-state index contributed by atoms with van der Waals surface area (Å²) in [4.78, 5) is 20.0. The molecule has 0 aliphatic carbocycles. The Morgan fingerprint density at radius 2 is 1.86 bits per heavy atom. The summed E-state index contributed by atoms with van der Waals surface area (Å²) in [6.45, 7) is 2.89. The van der Waals surface area contributed by atoms with Crippen LogP contribution in [-0.4, -0.2) is 44.6 Å². The van der Waals surface area contributed by atoms with Crippen LogP contribution in [-0.2, 0) is 17.2 Å². The standard InChI is InChI=1S/C22H21FN2O2S/c1-2-18-20(15-6-4-3-5-7-15)21(17-14-16(23)8-9-19(17)24-18)22(26)25-10-12-28(27)13-11-25/h3-9,14H,2,10-13H2,1H3. The molecular weight excluding hydrogens is 375 g/mol. The van der Waals surface area contributed by atoms with Gasteiger partial charge in [0.15, 0.2) is 0 Å². The van der Waals surface area contributed by atoms with Crippen molar-refractivity contribution in [2.75, 3.05) is 24.6 Å². The smallest absolute Gasteiger partial charge is 0.255 e. The van der Waals surface area contributed by atoms with E-state index in [1.807, 2.05) is 37.3 Å². The molecule has 1 aromatic heterocycles. The van der Waals surface area contributed by atoms with Gasteiger partial charge in [-0.15, -0.1) is 0 Å². The second-order valence-electron chi connectivity index (χ2n) is 6.83. The molecule has 1 saturated heterocycles. The third-order valence-corrected chi connectivity index (χ3v) is 6.37. The fraction of sp³-hybridized carbons (Fsp3) is 0.273. The van der Waals surface area contributed by atoms with Crippen LogP contribution in [0.15, 0.2) is 48.5 Å². The SMILES string of the molecule is CCc1nc2ccc(F)cc2c(C(=O)N2CCS(=O)CC2)c1-c1ccccc1. The Morgan fingerprint density at radius 1 is 1.14 bits per heavy atom. The van der Waals surface area contributed by atoms with Gasteiger partial charge in [0.2, 0.25) is 0 Å². The molecule has 6 heteroatoms. The van der Waals surface area contributed by atoms with Crippen LogP contribution >= 0.6 is 0 Å². The Morgan fingerprint density at radius 3 is 2.54 bits per heavy atom. The molecule has 0 radical (unpaired) electrons. The lowest BCUT2D eigenvalue weighted by atomic mass is 9.92. The summed E-state index contributed by atoms with van der Waals surface area (Å²) in [7, 11) is -0.878. The van der Waals surface area contributed by atoms with E-state index < -0.39 is 16.6 Å². The van der Waals surface area contributed by atoms with Gasteiger partial charge in [0.25, 0.3) is 5.91 Å². The zero-order valence-electron chi connectivity index (χ0n) is 15.7. The van der Waals surface area contributed by atoms with Crippen molar-refractivity contribution >= 4 is 27.6 Å². The molecule has 2 aromatic carbocycles. The third kappa shape index (κ3) is 3.44. The normalized spacial score (nSPS) is 15.1. The predicted octanol–water partition coefficient (Wildman–Crippen LogP) is 3.81. The Balaban J connectivity index is 1.99. The molecule has 1 aliphatic rings. The number of carbonyl (C=O) groups is 1. The van der Waals surface area contributed by atoms with Crippen molar-refractivity contribution in [2.24, 2.45) is 0 Å². The molecule has 0 saturated carbocycles. The van der Waals surface area contributed by atoms with Crippen molar-refractivity contribution in [1.82, 2.24) is 9.88 Å². The molecule has 2 heterocycles. The molecule has 0 N–H and O–H groups in total. The number of hydrogen-bond acceptors (Lipinski definition) is 3. The number of benzene rings is 2. The van der Waals surface area contributed by atoms with Gasteiger partial charge in [0.05, 0.1) is 11.1 Å². The van der Waals surface area contributed by atoms with Crippen molar-refractivity contribution in [3.05, 3.63) is 65.6 Å². The van der Waals surface area contributed by atoms with Crippen LogP contribution in [0.25, 0.3) is 22.0 Å². The van der Waals surface area contributed by atoms with E-state index in [2.05, 4.69) is 0 Å². The third-order valence-electron chi connectivity index (χ3n) is 5.10. The van der Waals surface area contributed by atoms with Crippen LogP contribution in [0.4, 0.5) is 4.39 Å². The largest absolute Gasteiger partial charge is 0.337 e. The molecular formula is C22H21FN2O2S. The molecule has 1 amide bonds. The van der Waals surface area contributed by atoms with Crippen molar-refractivity contribution in [1.29, 1.82) is 0 Å². The van der Waals surface area contributed by atoms with Gasteiger partial charge in [-0.3, -0.25) is 14.0 Å². The zero-order chi connectivity index (χ0) is 19.7. The summed E-state index contributed by atoms with van der Waals surface area (Å²) in [5.41, 5.74) is 3.57. The van der Waals surface area contributed by atoms with E-state index >= 15 is 0 Å². The molecule has 4 nitrogen and oxygen atoms in total. The molecule has 3 aromatic rings. The lowest BCUT2D eigenvalue weighted by Crippen LogP contribution is -2.42. The summed E-state index contributed by atoms with van der Waals surface area (Å²) >= 11 is 0. The van der Waals surface area contributed by atoms with Crippen molar-refractivity contribution in [3.63, 3.8) is 0 Å². The fourth-order valence-electron chi connectivity index (χ4n) is 3.68. The number of pyridine rings is 1. The Kier molecular flexibility index (Phi) is 5.22. The molecule has 1 fully saturated rings. The number of aryl methyl sites for hydroxylation is 1. The zero-order valence-corrected chi connectivity index (χ0v) is 16.5. The van der Waals surface area contributed by atoms with Gasteiger partial charge in [-0.25, -0.2) is 4.39 Å². The average molecular weight is 396 g/mol. The summed E-state index contributed by atoms with van der Waals surface area (Å²) in [5.74, 6) is 0.407. The average Bonchev–Trinajstić information content (AvgIpc) is 2.73. The van der Waals surface area contributed by atoms with Crippen molar-refractivity contribution in [2.45, 2.75) is 13.3 Å². The number of fused-ring (bicyclic) bond motifs is 1. The first-order valence-electron chi connectivity index (χ1n) is 9.40. The Labute approximate surface area is 165 Å². The van der Waals surface area contributed by atoms with E-state index in [0.29, 0.717) is 47.5 Å².